The largest absolute Gasteiger partial charge is 0.244 e. The highest BCUT2D eigenvalue weighted by Crippen LogP contribution is 2.31. The van der Waals surface area contributed by atoms with Crippen LogP contribution in [0, 0.1) is 5.82 Å². The molecule has 1 aliphatic rings. The van der Waals surface area contributed by atoms with Crippen LogP contribution >= 0.6 is 15.9 Å². The monoisotopic (exact) mass is 265 g/mol. The Morgan fingerprint density at radius 1 is 1.46 bits per heavy atom. The Bertz CT molecular complexity index is 472. The molecular weight excluding hydrogens is 261 g/mol. The van der Waals surface area contributed by atoms with Crippen molar-refractivity contribution in [3.63, 3.8) is 0 Å². The first kappa shape index (κ1) is 9.11. The highest BCUT2D eigenvalue weighted by atomic mass is 79.9. The normalized spacial score (nSPS) is 18.6. The summed E-state index contributed by atoms with van der Waals surface area (Å²) in [4.78, 5) is -0.234. The van der Waals surface area contributed by atoms with Gasteiger partial charge in [-0.1, -0.05) is 15.9 Å². The van der Waals surface area contributed by atoms with E-state index < -0.39 is 15.8 Å². The lowest BCUT2D eigenvalue weighted by Gasteiger charge is -2.00. The van der Waals surface area contributed by atoms with Gasteiger partial charge in [-0.3, -0.25) is 0 Å². The Morgan fingerprint density at radius 3 is 2.77 bits per heavy atom. The van der Waals surface area contributed by atoms with Gasteiger partial charge in [0, 0.05) is 16.6 Å². The number of halogens is 2. The molecule has 3 nitrogen and oxygen atoms in total. The van der Waals surface area contributed by atoms with Crippen LogP contribution in [0.3, 0.4) is 0 Å². The molecule has 1 heterocycles. The van der Waals surface area contributed by atoms with Crippen LogP contribution in [0.4, 0.5) is 4.39 Å². The number of fused-ring (bicyclic) bond motifs is 1. The summed E-state index contributed by atoms with van der Waals surface area (Å²) in [7, 11) is -3.61. The molecule has 0 spiro atoms. The molecular formula is C7H5BrFNO2S. The molecule has 70 valence electrons. The first-order chi connectivity index (χ1) is 6.02. The highest BCUT2D eigenvalue weighted by molar-refractivity contribution is 9.10. The molecule has 0 aliphatic carbocycles. The molecule has 1 aromatic rings. The predicted molar refractivity (Wildman–Crippen MR) is 48.1 cm³/mol. The van der Waals surface area contributed by atoms with Crippen LogP contribution in [-0.2, 0) is 16.6 Å². The maximum atomic E-state index is 13.1. The summed E-state index contributed by atoms with van der Waals surface area (Å²) in [5.41, 5.74) is 0.458. The van der Waals surface area contributed by atoms with Gasteiger partial charge in [0.1, 0.15) is 10.7 Å². The lowest BCUT2D eigenvalue weighted by molar-refractivity contribution is 0.567. The third-order valence-electron chi connectivity index (χ3n) is 1.86. The van der Waals surface area contributed by atoms with E-state index in [1.54, 1.807) is 0 Å². The summed E-state index contributed by atoms with van der Waals surface area (Å²) in [5.74, 6) is -0.705. The molecule has 0 saturated carbocycles. The summed E-state index contributed by atoms with van der Waals surface area (Å²) >= 11 is 3.16. The van der Waals surface area contributed by atoms with Gasteiger partial charge in [0.05, 0.1) is 0 Å². The molecule has 0 unspecified atom stereocenters. The Labute approximate surface area is 83.1 Å². The molecule has 0 atom stereocenters. The van der Waals surface area contributed by atoms with E-state index >= 15 is 0 Å². The van der Waals surface area contributed by atoms with Crippen molar-refractivity contribution in [2.45, 2.75) is 11.4 Å². The Morgan fingerprint density at radius 2 is 2.15 bits per heavy atom. The van der Waals surface area contributed by atoms with Gasteiger partial charge in [0.15, 0.2) is 0 Å². The van der Waals surface area contributed by atoms with Crippen LogP contribution in [0.1, 0.15) is 5.56 Å². The fourth-order valence-electron chi connectivity index (χ4n) is 1.27. The minimum atomic E-state index is -3.61. The van der Waals surface area contributed by atoms with Gasteiger partial charge in [-0.25, -0.2) is 17.5 Å². The van der Waals surface area contributed by atoms with Crippen molar-refractivity contribution in [3.05, 3.63) is 28.0 Å². The molecule has 0 amide bonds. The van der Waals surface area contributed by atoms with Crippen molar-refractivity contribution < 1.29 is 12.8 Å². The van der Waals surface area contributed by atoms with E-state index in [1.165, 1.54) is 6.07 Å². The number of sulfonamides is 1. The van der Waals surface area contributed by atoms with Crippen molar-refractivity contribution in [2.24, 2.45) is 0 Å². The second-order valence-corrected chi connectivity index (χ2v) is 5.22. The number of nitrogens with one attached hydrogen (secondary N) is 1. The second-order valence-electron chi connectivity index (χ2n) is 2.66. The molecule has 0 saturated heterocycles. The fourth-order valence-corrected chi connectivity index (χ4v) is 3.18. The standard InChI is InChI=1S/C7H5BrFNO2S/c8-5-1-2-6(9)7-4(5)3-10-13(7,11)12/h1-2,10H,3H2. The zero-order chi connectivity index (χ0) is 9.64. The van der Waals surface area contributed by atoms with E-state index in [2.05, 4.69) is 20.7 Å². The molecule has 0 aromatic heterocycles. The molecule has 1 N–H and O–H groups in total. The SMILES string of the molecule is O=S1(=O)NCc2c(Br)ccc(F)c21. The second kappa shape index (κ2) is 2.76. The van der Waals surface area contributed by atoms with Gasteiger partial charge in [0.2, 0.25) is 10.0 Å². The van der Waals surface area contributed by atoms with Crippen molar-refractivity contribution in [2.75, 3.05) is 0 Å². The molecule has 13 heavy (non-hydrogen) atoms. The Hall–Kier alpha value is -0.460. The van der Waals surface area contributed by atoms with E-state index in [-0.39, 0.29) is 11.4 Å². The van der Waals surface area contributed by atoms with E-state index in [0.717, 1.165) is 6.07 Å². The van der Waals surface area contributed by atoms with E-state index in [4.69, 9.17) is 0 Å². The molecule has 6 heteroatoms. The summed E-state index contributed by atoms with van der Waals surface area (Å²) in [5, 5.41) is 0. The van der Waals surface area contributed by atoms with Gasteiger partial charge in [0.25, 0.3) is 0 Å². The predicted octanol–water partition coefficient (Wildman–Crippen LogP) is 1.38. The highest BCUT2D eigenvalue weighted by Gasteiger charge is 2.30. The first-order valence-electron chi connectivity index (χ1n) is 3.49. The summed E-state index contributed by atoms with van der Waals surface area (Å²) in [6.45, 7) is 0.149. The minimum Gasteiger partial charge on any atom is -0.207 e. The van der Waals surface area contributed by atoms with E-state index in [1.807, 2.05) is 0 Å². The average molecular weight is 266 g/mol. The topological polar surface area (TPSA) is 46.2 Å². The lowest BCUT2D eigenvalue weighted by Crippen LogP contribution is -2.14. The summed E-state index contributed by atoms with van der Waals surface area (Å²) < 4.78 is 38.5. The van der Waals surface area contributed by atoms with Crippen LogP contribution in [-0.4, -0.2) is 8.42 Å². The van der Waals surface area contributed by atoms with Crippen LogP contribution < -0.4 is 4.72 Å². The first-order valence-corrected chi connectivity index (χ1v) is 5.76. The summed E-state index contributed by atoms with van der Waals surface area (Å²) in [6.07, 6.45) is 0. The lowest BCUT2D eigenvalue weighted by atomic mass is 10.2. The zero-order valence-electron chi connectivity index (χ0n) is 6.34. The van der Waals surface area contributed by atoms with Gasteiger partial charge in [-0.05, 0) is 12.1 Å². The van der Waals surface area contributed by atoms with Crippen LogP contribution in [0.5, 0.6) is 0 Å². The van der Waals surface area contributed by atoms with Gasteiger partial charge >= 0.3 is 0 Å². The molecule has 0 fully saturated rings. The smallest absolute Gasteiger partial charge is 0.207 e. The average Bonchev–Trinajstić information content (AvgIpc) is 2.36. The number of hydrogen-bond acceptors (Lipinski definition) is 2. The summed E-state index contributed by atoms with van der Waals surface area (Å²) in [6, 6.07) is 2.63. The van der Waals surface area contributed by atoms with Crippen molar-refractivity contribution >= 4 is 26.0 Å². The van der Waals surface area contributed by atoms with Gasteiger partial charge in [-0.2, -0.15) is 0 Å². The van der Waals surface area contributed by atoms with E-state index in [9.17, 15) is 12.8 Å². The van der Waals surface area contributed by atoms with Crippen molar-refractivity contribution in [3.8, 4) is 0 Å². The zero-order valence-corrected chi connectivity index (χ0v) is 8.74. The molecule has 0 bridgehead atoms. The Balaban J connectivity index is 2.85. The van der Waals surface area contributed by atoms with E-state index in [0.29, 0.717) is 10.0 Å². The molecule has 1 aromatic carbocycles. The number of rotatable bonds is 0. The molecule has 0 radical (unpaired) electrons. The Kier molecular flexibility index (Phi) is 1.94. The van der Waals surface area contributed by atoms with Gasteiger partial charge in [-0.15, -0.1) is 0 Å². The van der Waals surface area contributed by atoms with Gasteiger partial charge < -0.3 is 0 Å². The minimum absolute atomic E-state index is 0.149. The molecule has 1 aliphatic heterocycles. The van der Waals surface area contributed by atoms with Crippen molar-refractivity contribution in [1.82, 2.24) is 4.72 Å². The maximum Gasteiger partial charge on any atom is 0.244 e. The van der Waals surface area contributed by atoms with Crippen LogP contribution in [0.2, 0.25) is 0 Å². The van der Waals surface area contributed by atoms with Crippen LogP contribution in [0.15, 0.2) is 21.5 Å². The third kappa shape index (κ3) is 1.29. The van der Waals surface area contributed by atoms with Crippen molar-refractivity contribution in [1.29, 1.82) is 0 Å². The number of hydrogen-bond donors (Lipinski definition) is 1. The quantitative estimate of drug-likeness (QED) is 0.771. The maximum absolute atomic E-state index is 13.1. The molecule has 2 rings (SSSR count). The van der Waals surface area contributed by atoms with Crippen LogP contribution in [0.25, 0.3) is 0 Å². The third-order valence-corrected chi connectivity index (χ3v) is 4.11. The fraction of sp³-hybridized carbons (Fsp3) is 0.143. The number of benzene rings is 1.